The van der Waals surface area contributed by atoms with Crippen molar-refractivity contribution in [3.63, 3.8) is 0 Å². The van der Waals surface area contributed by atoms with Gasteiger partial charge in [0.1, 0.15) is 11.6 Å². The van der Waals surface area contributed by atoms with E-state index in [1.54, 1.807) is 20.8 Å². The first-order chi connectivity index (χ1) is 9.15. The van der Waals surface area contributed by atoms with Crippen LogP contribution in [0.3, 0.4) is 0 Å². The molecule has 1 amide bonds. The van der Waals surface area contributed by atoms with Gasteiger partial charge in [-0.15, -0.1) is 0 Å². The normalized spacial score (nSPS) is 23.1. The van der Waals surface area contributed by atoms with Crippen LogP contribution in [0.1, 0.15) is 33.6 Å². The number of piperidine rings is 1. The van der Waals surface area contributed by atoms with Crippen molar-refractivity contribution in [2.45, 2.75) is 45.3 Å². The van der Waals surface area contributed by atoms with Crippen molar-refractivity contribution in [3.05, 3.63) is 0 Å². The summed E-state index contributed by atoms with van der Waals surface area (Å²) in [5, 5.41) is 9.04. The molecule has 1 aliphatic rings. The lowest BCUT2D eigenvalue weighted by Gasteiger charge is -2.37. The molecule has 0 bridgehead atoms. The van der Waals surface area contributed by atoms with Gasteiger partial charge in [-0.1, -0.05) is 0 Å². The summed E-state index contributed by atoms with van der Waals surface area (Å²) in [6, 6.07) is -0.912. The van der Waals surface area contributed by atoms with Gasteiger partial charge in [0.25, 0.3) is 0 Å². The van der Waals surface area contributed by atoms with Gasteiger partial charge in [0.15, 0.2) is 0 Å². The fourth-order valence-electron chi connectivity index (χ4n) is 2.09. The number of carboxylic acids is 1. The first kappa shape index (κ1) is 16.3. The minimum Gasteiger partial charge on any atom is -0.481 e. The van der Waals surface area contributed by atoms with E-state index >= 15 is 0 Å². The van der Waals surface area contributed by atoms with Gasteiger partial charge in [-0.05, 0) is 33.6 Å². The number of aliphatic carboxylic acids is 1. The van der Waals surface area contributed by atoms with Crippen LogP contribution in [-0.4, -0.2) is 53.3 Å². The van der Waals surface area contributed by atoms with Crippen molar-refractivity contribution in [1.82, 2.24) is 4.90 Å². The van der Waals surface area contributed by atoms with E-state index < -0.39 is 35.6 Å². The highest BCUT2D eigenvalue weighted by Crippen LogP contribution is 2.26. The molecule has 0 aromatic carbocycles. The maximum Gasteiger partial charge on any atom is 0.411 e. The van der Waals surface area contributed by atoms with Crippen LogP contribution in [0.2, 0.25) is 0 Å². The van der Waals surface area contributed by atoms with E-state index in [1.165, 1.54) is 12.0 Å². The number of esters is 1. The van der Waals surface area contributed by atoms with Gasteiger partial charge in [0, 0.05) is 6.54 Å². The number of carbonyl (C=O) groups is 3. The molecule has 0 aliphatic carbocycles. The maximum absolute atomic E-state index is 12.1. The fraction of sp³-hybridized carbons (Fsp3) is 0.769. The molecule has 0 saturated carbocycles. The average Bonchev–Trinajstić information content (AvgIpc) is 2.34. The van der Waals surface area contributed by atoms with Gasteiger partial charge in [-0.25, -0.2) is 9.59 Å². The third-order valence-corrected chi connectivity index (χ3v) is 3.05. The maximum atomic E-state index is 12.1. The molecule has 114 valence electrons. The van der Waals surface area contributed by atoms with Crippen molar-refractivity contribution in [3.8, 4) is 0 Å². The van der Waals surface area contributed by atoms with E-state index in [9.17, 15) is 14.4 Å². The predicted molar refractivity (Wildman–Crippen MR) is 69.1 cm³/mol. The van der Waals surface area contributed by atoms with Gasteiger partial charge in [0.05, 0.1) is 13.0 Å². The Morgan fingerprint density at radius 3 is 2.30 bits per heavy atom. The predicted octanol–water partition coefficient (Wildman–Crippen LogP) is 1.26. The SMILES string of the molecule is COC(=O)[C@H]1C[C@@H](C(=O)O)CCN1C(=O)OC(C)(C)C. The summed E-state index contributed by atoms with van der Waals surface area (Å²) in [4.78, 5) is 36.1. The summed E-state index contributed by atoms with van der Waals surface area (Å²) in [6.07, 6.45) is -0.291. The second kappa shape index (κ2) is 6.11. The summed E-state index contributed by atoms with van der Waals surface area (Å²) >= 11 is 0. The summed E-state index contributed by atoms with van der Waals surface area (Å²) in [5.41, 5.74) is -0.679. The van der Waals surface area contributed by atoms with Crippen LogP contribution in [0.4, 0.5) is 4.79 Å². The lowest BCUT2D eigenvalue weighted by Crippen LogP contribution is -2.52. The number of hydrogen-bond donors (Lipinski definition) is 1. The second-order valence-electron chi connectivity index (χ2n) is 5.77. The van der Waals surface area contributed by atoms with E-state index in [0.29, 0.717) is 6.42 Å². The monoisotopic (exact) mass is 287 g/mol. The highest BCUT2D eigenvalue weighted by atomic mass is 16.6. The third-order valence-electron chi connectivity index (χ3n) is 3.05. The minimum atomic E-state index is -0.970. The minimum absolute atomic E-state index is 0.0429. The van der Waals surface area contributed by atoms with E-state index in [0.717, 1.165) is 0 Å². The van der Waals surface area contributed by atoms with Crippen LogP contribution in [0.15, 0.2) is 0 Å². The number of hydrogen-bond acceptors (Lipinski definition) is 5. The Hall–Kier alpha value is -1.79. The zero-order valence-corrected chi connectivity index (χ0v) is 12.2. The number of nitrogens with zero attached hydrogens (tertiary/aromatic N) is 1. The Balaban J connectivity index is 2.85. The molecule has 1 N–H and O–H groups in total. The molecule has 1 aliphatic heterocycles. The van der Waals surface area contributed by atoms with Crippen LogP contribution >= 0.6 is 0 Å². The Kier molecular flexibility index (Phi) is 4.97. The molecular formula is C13H21NO6. The van der Waals surface area contributed by atoms with Gasteiger partial charge < -0.3 is 14.6 Å². The number of carboxylic acid groups (broad SMARTS) is 1. The quantitative estimate of drug-likeness (QED) is 0.768. The lowest BCUT2D eigenvalue weighted by atomic mass is 9.91. The summed E-state index contributed by atoms with van der Waals surface area (Å²) in [7, 11) is 1.21. The zero-order valence-electron chi connectivity index (χ0n) is 12.2. The second-order valence-corrected chi connectivity index (χ2v) is 5.77. The number of methoxy groups -OCH3 is 1. The first-order valence-corrected chi connectivity index (χ1v) is 6.46. The third kappa shape index (κ3) is 4.11. The lowest BCUT2D eigenvalue weighted by molar-refractivity contribution is -0.152. The highest BCUT2D eigenvalue weighted by Gasteiger charge is 2.40. The molecule has 7 nitrogen and oxygen atoms in total. The number of ether oxygens (including phenoxy) is 2. The molecule has 1 saturated heterocycles. The zero-order chi connectivity index (χ0) is 15.5. The van der Waals surface area contributed by atoms with E-state index in [4.69, 9.17) is 9.84 Å². The standard InChI is InChI=1S/C13H21NO6/c1-13(2,3)20-12(18)14-6-5-8(10(15)16)7-9(14)11(17)19-4/h8-9H,5-7H2,1-4H3,(H,15,16)/t8-,9+/m0/s1. The van der Waals surface area contributed by atoms with Gasteiger partial charge in [-0.3, -0.25) is 9.69 Å². The van der Waals surface area contributed by atoms with Crippen molar-refractivity contribution < 1.29 is 29.0 Å². The largest absolute Gasteiger partial charge is 0.481 e. The van der Waals surface area contributed by atoms with Gasteiger partial charge >= 0.3 is 18.0 Å². The van der Waals surface area contributed by atoms with E-state index in [2.05, 4.69) is 4.74 Å². The van der Waals surface area contributed by atoms with Crippen LogP contribution < -0.4 is 0 Å². The number of likely N-dealkylation sites (tertiary alicyclic amines) is 1. The molecule has 0 aromatic rings. The van der Waals surface area contributed by atoms with Crippen LogP contribution in [0, 0.1) is 5.92 Å². The van der Waals surface area contributed by atoms with Crippen LogP contribution in [-0.2, 0) is 19.1 Å². The van der Waals surface area contributed by atoms with Gasteiger partial charge in [-0.2, -0.15) is 0 Å². The van der Waals surface area contributed by atoms with Crippen molar-refractivity contribution in [1.29, 1.82) is 0 Å². The molecule has 20 heavy (non-hydrogen) atoms. The molecule has 7 heteroatoms. The molecule has 1 fully saturated rings. The Bertz CT molecular complexity index is 400. The molecule has 0 aromatic heterocycles. The van der Waals surface area contributed by atoms with E-state index in [1.807, 2.05) is 0 Å². The molecule has 0 radical (unpaired) electrons. The highest BCUT2D eigenvalue weighted by molar-refractivity contribution is 5.83. The summed E-state index contributed by atoms with van der Waals surface area (Å²) < 4.78 is 9.88. The fourth-order valence-corrected chi connectivity index (χ4v) is 2.09. The Morgan fingerprint density at radius 2 is 1.85 bits per heavy atom. The first-order valence-electron chi connectivity index (χ1n) is 6.46. The van der Waals surface area contributed by atoms with Crippen molar-refractivity contribution in [2.24, 2.45) is 5.92 Å². The topological polar surface area (TPSA) is 93.1 Å². The molecule has 0 unspecified atom stereocenters. The molecule has 1 heterocycles. The number of rotatable bonds is 2. The van der Waals surface area contributed by atoms with Gasteiger partial charge in [0.2, 0.25) is 0 Å². The average molecular weight is 287 g/mol. The summed E-state index contributed by atoms with van der Waals surface area (Å²) in [5.74, 6) is -2.25. The number of carbonyl (C=O) groups excluding carboxylic acids is 2. The van der Waals surface area contributed by atoms with E-state index in [-0.39, 0.29) is 13.0 Å². The molecular weight excluding hydrogens is 266 g/mol. The molecule has 0 spiro atoms. The Morgan fingerprint density at radius 1 is 1.25 bits per heavy atom. The van der Waals surface area contributed by atoms with Crippen molar-refractivity contribution in [2.75, 3.05) is 13.7 Å². The molecule has 1 rings (SSSR count). The summed E-state index contributed by atoms with van der Waals surface area (Å²) in [6.45, 7) is 5.33. The van der Waals surface area contributed by atoms with Crippen LogP contribution in [0.5, 0.6) is 0 Å². The van der Waals surface area contributed by atoms with Crippen LogP contribution in [0.25, 0.3) is 0 Å². The van der Waals surface area contributed by atoms with Crippen molar-refractivity contribution >= 4 is 18.0 Å². The number of amides is 1. The molecule has 2 atom stereocenters. The Labute approximate surface area is 117 Å². The smallest absolute Gasteiger partial charge is 0.411 e.